The molecule has 1 aliphatic rings. The summed E-state index contributed by atoms with van der Waals surface area (Å²) in [5.41, 5.74) is 0. The van der Waals surface area contributed by atoms with E-state index in [1.807, 2.05) is 6.08 Å². The van der Waals surface area contributed by atoms with Crippen LogP contribution in [0, 0.1) is 0 Å². The van der Waals surface area contributed by atoms with Gasteiger partial charge in [-0.15, -0.1) is 6.58 Å². The van der Waals surface area contributed by atoms with E-state index in [9.17, 15) is 4.79 Å². The fraction of sp³-hybridized carbons (Fsp3) is 0.815. The number of hydrogen-bond acceptors (Lipinski definition) is 2. The van der Waals surface area contributed by atoms with Crippen LogP contribution in [0.25, 0.3) is 0 Å². The van der Waals surface area contributed by atoms with Gasteiger partial charge in [-0.05, 0) is 26.2 Å². The van der Waals surface area contributed by atoms with Gasteiger partial charge in [-0.1, -0.05) is 83.1 Å². The highest BCUT2D eigenvalue weighted by Crippen LogP contribution is 2.23. The molecule has 0 aromatic heterocycles. The van der Waals surface area contributed by atoms with E-state index in [1.165, 1.54) is 103 Å². The van der Waals surface area contributed by atoms with E-state index in [0.717, 1.165) is 24.1 Å². The molecule has 0 saturated carbocycles. The summed E-state index contributed by atoms with van der Waals surface area (Å²) in [7, 11) is 0. The molecular weight excluding hydrogens is 382 g/mol. The molecule has 2 unspecified atom stereocenters. The average Bonchev–Trinajstić information content (AvgIpc) is 3.16. The summed E-state index contributed by atoms with van der Waals surface area (Å²) in [6.07, 6.45) is 28.9. The molecule has 0 aliphatic carbocycles. The Morgan fingerprint density at radius 1 is 0.935 bits per heavy atom. The van der Waals surface area contributed by atoms with Crippen molar-refractivity contribution in [2.24, 2.45) is 0 Å². The predicted octanol–water partition coefficient (Wildman–Crippen LogP) is 6.79. The monoisotopic (exact) mass is 434 g/mol. The standard InChI is InChI=1S/C27H51N3O/c1-4-6-7-8-9-10-11-12-13-14-15-16-17-18-19-20-21-27-29-23-25-30(27,5-2)24-22-28-26(3)31/h4,23,25,27,29H,1,5-22,24H2,2-3H3/p+1. The third-order valence-corrected chi connectivity index (χ3v) is 6.91. The van der Waals surface area contributed by atoms with E-state index in [1.54, 1.807) is 6.92 Å². The lowest BCUT2D eigenvalue weighted by molar-refractivity contribution is -0.898. The normalized spacial score (nSPS) is 20.0. The van der Waals surface area contributed by atoms with Gasteiger partial charge in [0.1, 0.15) is 12.7 Å². The number of amides is 1. The topological polar surface area (TPSA) is 41.1 Å². The molecule has 4 nitrogen and oxygen atoms in total. The van der Waals surface area contributed by atoms with E-state index >= 15 is 0 Å². The van der Waals surface area contributed by atoms with Gasteiger partial charge >= 0.3 is 0 Å². The van der Waals surface area contributed by atoms with Crippen LogP contribution in [0.5, 0.6) is 0 Å². The van der Waals surface area contributed by atoms with Crippen LogP contribution in [0.4, 0.5) is 0 Å². The minimum absolute atomic E-state index is 0.0665. The third kappa shape index (κ3) is 13.0. The maximum Gasteiger partial charge on any atom is 0.217 e. The van der Waals surface area contributed by atoms with Gasteiger partial charge in [0.15, 0.2) is 6.17 Å². The number of rotatable bonds is 21. The van der Waals surface area contributed by atoms with Crippen LogP contribution in [0.3, 0.4) is 0 Å². The number of hydrogen-bond donors (Lipinski definition) is 2. The smallest absolute Gasteiger partial charge is 0.217 e. The number of quaternary nitrogens is 1. The Kier molecular flexibility index (Phi) is 16.4. The summed E-state index contributed by atoms with van der Waals surface area (Å²) in [5.74, 6) is 0.0665. The first-order chi connectivity index (χ1) is 15.1. The van der Waals surface area contributed by atoms with E-state index in [2.05, 4.69) is 36.5 Å². The van der Waals surface area contributed by atoms with Gasteiger partial charge in [-0.2, -0.15) is 0 Å². The van der Waals surface area contributed by atoms with E-state index in [-0.39, 0.29) is 5.91 Å². The van der Waals surface area contributed by atoms with Gasteiger partial charge in [0, 0.05) is 13.3 Å². The van der Waals surface area contributed by atoms with Crippen molar-refractivity contribution in [3.63, 3.8) is 0 Å². The van der Waals surface area contributed by atoms with Crippen LogP contribution in [0.1, 0.15) is 117 Å². The molecule has 0 saturated heterocycles. The number of nitrogens with one attached hydrogen (secondary N) is 2. The maximum atomic E-state index is 11.2. The maximum absolute atomic E-state index is 11.2. The molecule has 0 aromatic rings. The first-order valence-corrected chi connectivity index (χ1v) is 13.3. The second-order valence-electron chi connectivity index (χ2n) is 9.44. The quantitative estimate of drug-likeness (QED) is 0.119. The summed E-state index contributed by atoms with van der Waals surface area (Å²) >= 11 is 0. The Balaban J connectivity index is 1.94. The zero-order chi connectivity index (χ0) is 22.6. The number of likely N-dealkylation sites (N-methyl/N-ethyl adjacent to an activating group) is 1. The molecule has 1 rings (SSSR count). The first-order valence-electron chi connectivity index (χ1n) is 13.3. The summed E-state index contributed by atoms with van der Waals surface area (Å²) in [6.45, 7) is 10.4. The Labute approximate surface area is 193 Å². The largest absolute Gasteiger partial charge is 0.351 e. The molecule has 0 radical (unpaired) electrons. The highest BCUT2D eigenvalue weighted by Gasteiger charge is 2.36. The Morgan fingerprint density at radius 3 is 1.94 bits per heavy atom. The molecule has 0 spiro atoms. The van der Waals surface area contributed by atoms with Crippen molar-refractivity contribution < 1.29 is 9.28 Å². The van der Waals surface area contributed by atoms with Crippen LogP contribution >= 0.6 is 0 Å². The number of allylic oxidation sites excluding steroid dienone is 1. The summed E-state index contributed by atoms with van der Waals surface area (Å²) in [6, 6.07) is 0. The molecule has 0 fully saturated rings. The van der Waals surface area contributed by atoms with Crippen molar-refractivity contribution in [2.45, 2.75) is 123 Å². The summed E-state index contributed by atoms with van der Waals surface area (Å²) < 4.78 is 0.953. The molecule has 0 aromatic carbocycles. The minimum Gasteiger partial charge on any atom is -0.351 e. The van der Waals surface area contributed by atoms with Gasteiger partial charge in [0.2, 0.25) is 5.91 Å². The molecule has 31 heavy (non-hydrogen) atoms. The molecule has 2 atom stereocenters. The van der Waals surface area contributed by atoms with E-state index < -0.39 is 0 Å². The number of unbranched alkanes of at least 4 members (excludes halogenated alkanes) is 14. The lowest BCUT2D eigenvalue weighted by Gasteiger charge is -2.37. The van der Waals surface area contributed by atoms with Gasteiger partial charge in [-0.25, -0.2) is 0 Å². The Bertz CT molecular complexity index is 491. The van der Waals surface area contributed by atoms with Crippen LogP contribution in [0.15, 0.2) is 25.1 Å². The van der Waals surface area contributed by atoms with E-state index in [0.29, 0.717) is 6.17 Å². The molecule has 4 heteroatoms. The van der Waals surface area contributed by atoms with Gasteiger partial charge in [0.05, 0.1) is 19.3 Å². The zero-order valence-electron chi connectivity index (χ0n) is 20.8. The lowest BCUT2D eigenvalue weighted by atomic mass is 10.0. The number of carbonyl (C=O) groups is 1. The molecule has 1 amide bonds. The van der Waals surface area contributed by atoms with Gasteiger partial charge in [-0.3, -0.25) is 9.28 Å². The second-order valence-corrected chi connectivity index (χ2v) is 9.44. The Hall–Kier alpha value is -1.29. The van der Waals surface area contributed by atoms with E-state index in [4.69, 9.17) is 0 Å². The highest BCUT2D eigenvalue weighted by molar-refractivity contribution is 5.72. The van der Waals surface area contributed by atoms with Crippen molar-refractivity contribution in [2.75, 3.05) is 19.6 Å². The highest BCUT2D eigenvalue weighted by atomic mass is 16.1. The van der Waals surface area contributed by atoms with Crippen LogP contribution in [0.2, 0.25) is 0 Å². The fourth-order valence-corrected chi connectivity index (χ4v) is 4.80. The Morgan fingerprint density at radius 2 is 1.45 bits per heavy atom. The van der Waals surface area contributed by atoms with Crippen LogP contribution in [-0.2, 0) is 4.79 Å². The van der Waals surface area contributed by atoms with Crippen molar-refractivity contribution >= 4 is 5.91 Å². The summed E-state index contributed by atoms with van der Waals surface area (Å²) in [5, 5.41) is 6.52. The summed E-state index contributed by atoms with van der Waals surface area (Å²) in [4.78, 5) is 11.2. The molecular formula is C27H52N3O+. The molecule has 1 heterocycles. The molecule has 2 N–H and O–H groups in total. The van der Waals surface area contributed by atoms with Gasteiger partial charge in [0.25, 0.3) is 0 Å². The minimum atomic E-state index is 0.0665. The van der Waals surface area contributed by atoms with Crippen molar-refractivity contribution in [3.8, 4) is 0 Å². The lowest BCUT2D eigenvalue weighted by Crippen LogP contribution is -2.55. The predicted molar refractivity (Wildman–Crippen MR) is 134 cm³/mol. The second kappa shape index (κ2) is 18.3. The molecule has 0 bridgehead atoms. The first kappa shape index (κ1) is 27.7. The van der Waals surface area contributed by atoms with Gasteiger partial charge < -0.3 is 10.6 Å². The number of nitrogens with zero attached hydrogens (tertiary/aromatic N) is 1. The number of carbonyl (C=O) groups excluding carboxylic acids is 1. The van der Waals surface area contributed by atoms with Crippen LogP contribution in [-0.4, -0.2) is 36.2 Å². The van der Waals surface area contributed by atoms with Crippen molar-refractivity contribution in [1.82, 2.24) is 10.6 Å². The molecule has 180 valence electrons. The fourth-order valence-electron chi connectivity index (χ4n) is 4.80. The van der Waals surface area contributed by atoms with Crippen molar-refractivity contribution in [1.29, 1.82) is 0 Å². The molecule has 1 aliphatic heterocycles. The third-order valence-electron chi connectivity index (χ3n) is 6.91. The SMILES string of the molecule is C=CCCCCCCCCCCCCCCCCC1NC=C[N+]1(CC)CCNC(C)=O. The average molecular weight is 435 g/mol. The zero-order valence-corrected chi connectivity index (χ0v) is 20.8. The van der Waals surface area contributed by atoms with Crippen LogP contribution < -0.4 is 10.6 Å². The van der Waals surface area contributed by atoms with Crippen molar-refractivity contribution in [3.05, 3.63) is 25.1 Å².